The van der Waals surface area contributed by atoms with Gasteiger partial charge in [0.2, 0.25) is 0 Å². The Morgan fingerprint density at radius 1 is 1.29 bits per heavy atom. The first-order chi connectivity index (χ1) is 10.1. The van der Waals surface area contributed by atoms with E-state index in [1.807, 2.05) is 24.3 Å². The van der Waals surface area contributed by atoms with Crippen LogP contribution in [0, 0.1) is 0 Å². The van der Waals surface area contributed by atoms with E-state index in [2.05, 4.69) is 18.7 Å². The van der Waals surface area contributed by atoms with Gasteiger partial charge >= 0.3 is 0 Å². The number of hydrogen-bond donors (Lipinski definition) is 1. The number of benzene rings is 1. The van der Waals surface area contributed by atoms with Crippen LogP contribution in [0.3, 0.4) is 0 Å². The van der Waals surface area contributed by atoms with Crippen LogP contribution in [-0.4, -0.2) is 61.7 Å². The van der Waals surface area contributed by atoms with E-state index in [0.29, 0.717) is 12.3 Å². The molecule has 1 heterocycles. The van der Waals surface area contributed by atoms with Crippen LogP contribution in [0.15, 0.2) is 24.3 Å². The summed E-state index contributed by atoms with van der Waals surface area (Å²) in [6.45, 7) is 6.68. The van der Waals surface area contributed by atoms with Crippen LogP contribution in [0.5, 0.6) is 11.5 Å². The molecular formula is C16H25NO4. The number of morpholine rings is 1. The summed E-state index contributed by atoms with van der Waals surface area (Å²) < 4.78 is 16.4. The third-order valence-electron chi connectivity index (χ3n) is 3.45. The predicted octanol–water partition coefficient (Wildman–Crippen LogP) is 1.54. The molecule has 5 nitrogen and oxygen atoms in total. The Bertz CT molecular complexity index is 430. The normalized spacial score (nSPS) is 24.6. The smallest absolute Gasteiger partial charge is 0.123 e. The van der Waals surface area contributed by atoms with Gasteiger partial charge in [-0.1, -0.05) is 6.07 Å². The molecule has 2 rings (SSSR count). The van der Waals surface area contributed by atoms with Crippen molar-refractivity contribution in [2.24, 2.45) is 0 Å². The molecular weight excluding hydrogens is 270 g/mol. The summed E-state index contributed by atoms with van der Waals surface area (Å²) in [7, 11) is 1.62. The summed E-state index contributed by atoms with van der Waals surface area (Å²) in [5.74, 6) is 1.45. The molecule has 0 unspecified atom stereocenters. The number of methoxy groups -OCH3 is 1. The van der Waals surface area contributed by atoms with E-state index >= 15 is 0 Å². The summed E-state index contributed by atoms with van der Waals surface area (Å²) in [6, 6.07) is 7.39. The molecule has 5 heteroatoms. The van der Waals surface area contributed by atoms with E-state index in [1.165, 1.54) is 0 Å². The average molecular weight is 295 g/mol. The molecule has 1 aromatic carbocycles. The monoisotopic (exact) mass is 295 g/mol. The van der Waals surface area contributed by atoms with E-state index in [0.717, 1.165) is 18.8 Å². The van der Waals surface area contributed by atoms with Crippen LogP contribution in [0.1, 0.15) is 13.8 Å². The number of aliphatic hydroxyl groups is 1. The molecule has 0 aromatic heterocycles. The zero-order chi connectivity index (χ0) is 15.2. The molecule has 1 aromatic rings. The van der Waals surface area contributed by atoms with Crippen molar-refractivity contribution in [2.75, 3.05) is 33.4 Å². The molecule has 0 spiro atoms. The Hall–Kier alpha value is -1.30. The van der Waals surface area contributed by atoms with Crippen LogP contribution < -0.4 is 9.47 Å². The van der Waals surface area contributed by atoms with Gasteiger partial charge in [0.05, 0.1) is 19.3 Å². The van der Waals surface area contributed by atoms with Gasteiger partial charge in [0.15, 0.2) is 0 Å². The standard InChI is InChI=1S/C16H25NO4/c1-12-8-17(9-13(2)21-12)10-14(18)11-20-16-6-4-5-15(7-16)19-3/h4-7,12-14,18H,8-11H2,1-3H3/t12-,13-,14+/m1/s1. The molecule has 1 aliphatic rings. The maximum absolute atomic E-state index is 10.1. The van der Waals surface area contributed by atoms with Crippen LogP contribution in [0.4, 0.5) is 0 Å². The number of β-amino-alcohol motifs (C(OH)–C–C–N with tert-alkyl or cyclic N) is 1. The van der Waals surface area contributed by atoms with Crippen LogP contribution in [0.2, 0.25) is 0 Å². The molecule has 0 amide bonds. The van der Waals surface area contributed by atoms with Crippen LogP contribution in [0.25, 0.3) is 0 Å². The maximum Gasteiger partial charge on any atom is 0.123 e. The van der Waals surface area contributed by atoms with E-state index in [-0.39, 0.29) is 18.8 Å². The number of nitrogens with zero attached hydrogens (tertiary/aromatic N) is 1. The fraction of sp³-hybridized carbons (Fsp3) is 0.625. The lowest BCUT2D eigenvalue weighted by atomic mass is 10.2. The Morgan fingerprint density at radius 3 is 2.62 bits per heavy atom. The molecule has 21 heavy (non-hydrogen) atoms. The van der Waals surface area contributed by atoms with Crippen LogP contribution in [-0.2, 0) is 4.74 Å². The molecule has 0 bridgehead atoms. The fourth-order valence-corrected chi connectivity index (χ4v) is 2.67. The number of hydrogen-bond acceptors (Lipinski definition) is 5. The lowest BCUT2D eigenvalue weighted by molar-refractivity contribution is -0.0786. The first kappa shape index (κ1) is 16.1. The third kappa shape index (κ3) is 5.19. The van der Waals surface area contributed by atoms with Gasteiger partial charge in [-0.15, -0.1) is 0 Å². The minimum atomic E-state index is -0.520. The van der Waals surface area contributed by atoms with Gasteiger partial charge in [0.1, 0.15) is 24.2 Å². The maximum atomic E-state index is 10.1. The predicted molar refractivity (Wildman–Crippen MR) is 80.9 cm³/mol. The Labute approximate surface area is 126 Å². The van der Waals surface area contributed by atoms with Gasteiger partial charge in [-0.2, -0.15) is 0 Å². The van der Waals surface area contributed by atoms with E-state index in [4.69, 9.17) is 14.2 Å². The Kier molecular flexibility index (Phi) is 5.85. The molecule has 0 radical (unpaired) electrons. The van der Waals surface area contributed by atoms with Crippen molar-refractivity contribution in [2.45, 2.75) is 32.2 Å². The van der Waals surface area contributed by atoms with Crippen molar-refractivity contribution in [3.63, 3.8) is 0 Å². The number of rotatable bonds is 6. The third-order valence-corrected chi connectivity index (χ3v) is 3.45. The molecule has 1 aliphatic heterocycles. The molecule has 0 saturated carbocycles. The molecule has 1 fully saturated rings. The summed E-state index contributed by atoms with van der Waals surface area (Å²) >= 11 is 0. The fourth-order valence-electron chi connectivity index (χ4n) is 2.67. The SMILES string of the molecule is COc1cccc(OC[C@@H](O)CN2C[C@@H](C)O[C@H](C)C2)c1. The largest absolute Gasteiger partial charge is 0.497 e. The number of aliphatic hydroxyl groups excluding tert-OH is 1. The van der Waals surface area contributed by atoms with Gasteiger partial charge in [-0.05, 0) is 26.0 Å². The van der Waals surface area contributed by atoms with Gasteiger partial charge < -0.3 is 19.3 Å². The van der Waals surface area contributed by atoms with Crippen molar-refractivity contribution in [1.29, 1.82) is 0 Å². The van der Waals surface area contributed by atoms with Gasteiger partial charge in [-0.25, -0.2) is 0 Å². The number of ether oxygens (including phenoxy) is 3. The van der Waals surface area contributed by atoms with E-state index in [9.17, 15) is 5.11 Å². The summed E-state index contributed by atoms with van der Waals surface area (Å²) in [4.78, 5) is 2.22. The average Bonchev–Trinajstić information content (AvgIpc) is 2.44. The van der Waals surface area contributed by atoms with Crippen LogP contribution >= 0.6 is 0 Å². The highest BCUT2D eigenvalue weighted by Gasteiger charge is 2.23. The molecule has 1 saturated heterocycles. The van der Waals surface area contributed by atoms with Crippen molar-refractivity contribution in [3.8, 4) is 11.5 Å². The summed E-state index contributed by atoms with van der Waals surface area (Å²) in [6.07, 6.45) is -0.103. The zero-order valence-corrected chi connectivity index (χ0v) is 13.0. The van der Waals surface area contributed by atoms with Gasteiger partial charge in [0.25, 0.3) is 0 Å². The lowest BCUT2D eigenvalue weighted by Crippen LogP contribution is -2.48. The highest BCUT2D eigenvalue weighted by Crippen LogP contribution is 2.19. The Morgan fingerprint density at radius 2 is 1.95 bits per heavy atom. The van der Waals surface area contributed by atoms with Crippen molar-refractivity contribution >= 4 is 0 Å². The topological polar surface area (TPSA) is 51.2 Å². The molecule has 118 valence electrons. The minimum Gasteiger partial charge on any atom is -0.497 e. The van der Waals surface area contributed by atoms with Crippen molar-refractivity contribution in [1.82, 2.24) is 4.90 Å². The van der Waals surface area contributed by atoms with E-state index in [1.54, 1.807) is 7.11 Å². The summed E-state index contributed by atoms with van der Waals surface area (Å²) in [5.41, 5.74) is 0. The molecule has 0 aliphatic carbocycles. The molecule has 1 N–H and O–H groups in total. The molecule has 3 atom stereocenters. The van der Waals surface area contributed by atoms with Crippen molar-refractivity contribution in [3.05, 3.63) is 24.3 Å². The Balaban J connectivity index is 1.77. The first-order valence-corrected chi connectivity index (χ1v) is 7.39. The quantitative estimate of drug-likeness (QED) is 0.863. The van der Waals surface area contributed by atoms with Gasteiger partial charge in [0, 0.05) is 25.7 Å². The highest BCUT2D eigenvalue weighted by molar-refractivity contribution is 5.32. The van der Waals surface area contributed by atoms with Crippen molar-refractivity contribution < 1.29 is 19.3 Å². The second kappa shape index (κ2) is 7.64. The zero-order valence-electron chi connectivity index (χ0n) is 13.0. The second-order valence-electron chi connectivity index (χ2n) is 5.62. The minimum absolute atomic E-state index is 0.209. The lowest BCUT2D eigenvalue weighted by Gasteiger charge is -2.36. The van der Waals surface area contributed by atoms with E-state index < -0.39 is 6.10 Å². The second-order valence-corrected chi connectivity index (χ2v) is 5.62. The van der Waals surface area contributed by atoms with Gasteiger partial charge in [-0.3, -0.25) is 4.90 Å². The first-order valence-electron chi connectivity index (χ1n) is 7.39. The summed E-state index contributed by atoms with van der Waals surface area (Å²) in [5, 5.41) is 10.1. The highest BCUT2D eigenvalue weighted by atomic mass is 16.5.